The quantitative estimate of drug-likeness (QED) is 0.560. The lowest BCUT2D eigenvalue weighted by molar-refractivity contribution is -0.0394. The third-order valence-corrected chi connectivity index (χ3v) is 6.52. The molecular weight excluding hydrogens is 418 g/mol. The van der Waals surface area contributed by atoms with Gasteiger partial charge in [-0.3, -0.25) is 0 Å². The van der Waals surface area contributed by atoms with Crippen LogP contribution < -0.4 is 0 Å². The Morgan fingerprint density at radius 2 is 1.85 bits per heavy atom. The minimum absolute atomic E-state index is 0.0408. The first kappa shape index (κ1) is 21.9. The number of hydrogen-bond donors (Lipinski definition) is 0. The molecule has 2 fully saturated rings. The van der Waals surface area contributed by atoms with E-state index in [1.807, 2.05) is 47.3 Å². The van der Waals surface area contributed by atoms with Gasteiger partial charge in [0.2, 0.25) is 0 Å². The predicted octanol–water partition coefficient (Wildman–Crippen LogP) is 5.01. The Morgan fingerprint density at radius 1 is 1.03 bits per heavy atom. The van der Waals surface area contributed by atoms with Crippen molar-refractivity contribution in [3.05, 3.63) is 42.5 Å². The standard InChI is InChI=1S/C25H33N5O3/c1-25(2,3)33-24(31)28-11-9-18(10-12-28)21-15-27-29-16-19(7-8-22(21)29)20-14-26-30(17-20)23-6-4-5-13-32-23/h7-8,14-18,23H,4-6,9-13H2,1-3H3. The largest absolute Gasteiger partial charge is 0.444 e. The molecule has 2 aliphatic rings. The van der Waals surface area contributed by atoms with Crippen LogP contribution in [0.3, 0.4) is 0 Å². The minimum atomic E-state index is -0.464. The van der Waals surface area contributed by atoms with Crippen LogP contribution in [-0.2, 0) is 9.47 Å². The van der Waals surface area contributed by atoms with E-state index in [0.717, 1.165) is 48.9 Å². The Labute approximate surface area is 194 Å². The van der Waals surface area contributed by atoms with Crippen molar-refractivity contribution in [2.75, 3.05) is 19.7 Å². The fourth-order valence-corrected chi connectivity index (χ4v) is 4.77. The number of pyridine rings is 1. The van der Waals surface area contributed by atoms with E-state index in [-0.39, 0.29) is 12.3 Å². The zero-order valence-corrected chi connectivity index (χ0v) is 19.7. The van der Waals surface area contributed by atoms with Crippen LogP contribution in [0.2, 0.25) is 0 Å². The van der Waals surface area contributed by atoms with Crippen LogP contribution >= 0.6 is 0 Å². The van der Waals surface area contributed by atoms with Crippen LogP contribution in [0.25, 0.3) is 16.6 Å². The van der Waals surface area contributed by atoms with Crippen molar-refractivity contribution < 1.29 is 14.3 Å². The third-order valence-electron chi connectivity index (χ3n) is 6.52. The number of hydrogen-bond acceptors (Lipinski definition) is 5. The van der Waals surface area contributed by atoms with Crippen molar-refractivity contribution in [1.82, 2.24) is 24.3 Å². The number of piperidine rings is 1. The molecule has 0 N–H and O–H groups in total. The van der Waals surface area contributed by atoms with E-state index in [4.69, 9.17) is 9.47 Å². The average molecular weight is 452 g/mol. The number of carbonyl (C=O) groups is 1. The topological polar surface area (TPSA) is 73.9 Å². The number of rotatable bonds is 3. The molecule has 5 heterocycles. The van der Waals surface area contributed by atoms with E-state index in [1.54, 1.807) is 0 Å². The first-order valence-electron chi connectivity index (χ1n) is 12.0. The molecule has 1 unspecified atom stereocenters. The van der Waals surface area contributed by atoms with E-state index in [0.29, 0.717) is 19.0 Å². The highest BCUT2D eigenvalue weighted by molar-refractivity contribution is 5.69. The molecule has 3 aromatic heterocycles. The van der Waals surface area contributed by atoms with Gasteiger partial charge in [0.1, 0.15) is 11.8 Å². The molecule has 0 radical (unpaired) electrons. The highest BCUT2D eigenvalue weighted by atomic mass is 16.6. The van der Waals surface area contributed by atoms with Gasteiger partial charge < -0.3 is 14.4 Å². The maximum absolute atomic E-state index is 12.4. The molecule has 1 amide bonds. The van der Waals surface area contributed by atoms with Crippen molar-refractivity contribution >= 4 is 11.6 Å². The van der Waals surface area contributed by atoms with Gasteiger partial charge >= 0.3 is 6.09 Å². The van der Waals surface area contributed by atoms with E-state index >= 15 is 0 Å². The lowest BCUT2D eigenvalue weighted by Crippen LogP contribution is -2.41. The molecule has 0 aliphatic carbocycles. The Morgan fingerprint density at radius 3 is 2.58 bits per heavy atom. The predicted molar refractivity (Wildman–Crippen MR) is 125 cm³/mol. The molecule has 2 aliphatic heterocycles. The maximum Gasteiger partial charge on any atom is 0.410 e. The molecular formula is C25H33N5O3. The number of amides is 1. The summed E-state index contributed by atoms with van der Waals surface area (Å²) in [4.78, 5) is 14.2. The van der Waals surface area contributed by atoms with E-state index in [9.17, 15) is 4.79 Å². The Bertz CT molecular complexity index is 1110. The summed E-state index contributed by atoms with van der Waals surface area (Å²) in [5.74, 6) is 0.387. The van der Waals surface area contributed by atoms with Gasteiger partial charge in [-0.2, -0.15) is 10.2 Å². The summed E-state index contributed by atoms with van der Waals surface area (Å²) in [6.45, 7) is 7.92. The summed E-state index contributed by atoms with van der Waals surface area (Å²) >= 11 is 0. The van der Waals surface area contributed by atoms with Crippen LogP contribution in [0.4, 0.5) is 4.79 Å². The van der Waals surface area contributed by atoms with Gasteiger partial charge in [-0.15, -0.1) is 0 Å². The van der Waals surface area contributed by atoms with Crippen molar-refractivity contribution in [3.8, 4) is 11.1 Å². The van der Waals surface area contributed by atoms with Crippen LogP contribution in [0, 0.1) is 0 Å². The van der Waals surface area contributed by atoms with Crippen molar-refractivity contribution in [1.29, 1.82) is 0 Å². The molecule has 5 rings (SSSR count). The van der Waals surface area contributed by atoms with E-state index in [1.165, 1.54) is 12.0 Å². The second-order valence-electron chi connectivity index (χ2n) is 10.1. The van der Waals surface area contributed by atoms with Crippen LogP contribution in [0.5, 0.6) is 0 Å². The number of carbonyl (C=O) groups excluding carboxylic acids is 1. The zero-order valence-electron chi connectivity index (χ0n) is 19.7. The summed E-state index contributed by atoms with van der Waals surface area (Å²) in [5, 5.41) is 9.18. The van der Waals surface area contributed by atoms with Gasteiger partial charge in [0.15, 0.2) is 0 Å². The second kappa shape index (κ2) is 8.82. The van der Waals surface area contributed by atoms with Gasteiger partial charge in [-0.25, -0.2) is 14.0 Å². The fourth-order valence-electron chi connectivity index (χ4n) is 4.77. The van der Waals surface area contributed by atoms with Crippen LogP contribution in [0.1, 0.15) is 70.6 Å². The summed E-state index contributed by atoms with van der Waals surface area (Å²) < 4.78 is 15.3. The molecule has 1 atom stereocenters. The lowest BCUT2D eigenvalue weighted by atomic mass is 9.90. The molecule has 0 saturated carbocycles. The highest BCUT2D eigenvalue weighted by Gasteiger charge is 2.28. The maximum atomic E-state index is 12.4. The first-order chi connectivity index (χ1) is 15.9. The highest BCUT2D eigenvalue weighted by Crippen LogP contribution is 2.33. The number of fused-ring (bicyclic) bond motifs is 1. The Balaban J connectivity index is 1.27. The summed E-state index contributed by atoms with van der Waals surface area (Å²) in [6.07, 6.45) is 13.0. The second-order valence-corrected chi connectivity index (χ2v) is 10.1. The number of likely N-dealkylation sites (tertiary alicyclic amines) is 1. The number of nitrogens with zero attached hydrogens (tertiary/aromatic N) is 5. The zero-order chi connectivity index (χ0) is 23.0. The summed E-state index contributed by atoms with van der Waals surface area (Å²) in [6, 6.07) is 4.28. The van der Waals surface area contributed by atoms with Crippen molar-refractivity contribution in [2.45, 2.75) is 70.6 Å². The van der Waals surface area contributed by atoms with Gasteiger partial charge in [0.25, 0.3) is 0 Å². The van der Waals surface area contributed by atoms with Gasteiger partial charge in [-0.05, 0) is 64.9 Å². The molecule has 0 aromatic carbocycles. The molecule has 8 nitrogen and oxygen atoms in total. The monoisotopic (exact) mass is 451 g/mol. The molecule has 33 heavy (non-hydrogen) atoms. The summed E-state index contributed by atoms with van der Waals surface area (Å²) in [5.41, 5.74) is 4.05. The summed E-state index contributed by atoms with van der Waals surface area (Å²) in [7, 11) is 0. The minimum Gasteiger partial charge on any atom is -0.444 e. The molecule has 2 saturated heterocycles. The van der Waals surface area contributed by atoms with Crippen LogP contribution in [0.15, 0.2) is 36.9 Å². The molecule has 176 valence electrons. The van der Waals surface area contributed by atoms with Gasteiger partial charge in [0.05, 0.1) is 17.9 Å². The normalized spacial score (nSPS) is 20.3. The third kappa shape index (κ3) is 4.76. The Hall–Kier alpha value is -2.87. The van der Waals surface area contributed by atoms with E-state index < -0.39 is 5.60 Å². The Kier molecular flexibility index (Phi) is 5.86. The van der Waals surface area contributed by atoms with Gasteiger partial charge in [0, 0.05) is 48.8 Å². The fraction of sp³-hybridized carbons (Fsp3) is 0.560. The molecule has 0 spiro atoms. The van der Waals surface area contributed by atoms with Crippen molar-refractivity contribution in [2.24, 2.45) is 0 Å². The molecule has 0 bridgehead atoms. The van der Waals surface area contributed by atoms with Gasteiger partial charge in [-0.1, -0.05) is 6.07 Å². The van der Waals surface area contributed by atoms with Crippen molar-refractivity contribution in [3.63, 3.8) is 0 Å². The SMILES string of the molecule is CC(C)(C)OC(=O)N1CCC(c2cnn3cc(-c4cnn(C5CCCCO5)c4)ccc23)CC1. The first-order valence-corrected chi connectivity index (χ1v) is 12.0. The molecule has 8 heteroatoms. The van der Waals surface area contributed by atoms with Crippen LogP contribution in [-0.4, -0.2) is 55.7 Å². The lowest BCUT2D eigenvalue weighted by Gasteiger charge is -2.33. The smallest absolute Gasteiger partial charge is 0.410 e. The number of ether oxygens (including phenoxy) is 2. The molecule has 3 aromatic rings. The number of aromatic nitrogens is 4. The average Bonchev–Trinajstić information content (AvgIpc) is 3.46. The van der Waals surface area contributed by atoms with E-state index in [2.05, 4.69) is 34.7 Å².